The highest BCUT2D eigenvalue weighted by molar-refractivity contribution is 7.10. The lowest BCUT2D eigenvalue weighted by Crippen LogP contribution is -2.46. The van der Waals surface area contributed by atoms with Crippen molar-refractivity contribution < 1.29 is 28.4 Å². The molecule has 2 heterocycles. The topological polar surface area (TPSA) is 107 Å². The number of ether oxygens (including phenoxy) is 1. The number of ketones is 1. The van der Waals surface area contributed by atoms with Crippen LogP contribution in [0.2, 0.25) is 0 Å². The highest BCUT2D eigenvalue weighted by Gasteiger charge is 2.50. The number of anilines is 1. The first-order valence-electron chi connectivity index (χ1n) is 12.1. The van der Waals surface area contributed by atoms with Gasteiger partial charge in [-0.05, 0) is 42.5 Å². The Morgan fingerprint density at radius 2 is 1.92 bits per heavy atom. The molecule has 194 valence electrons. The van der Waals surface area contributed by atoms with Crippen molar-refractivity contribution in [3.05, 3.63) is 104 Å². The molecular weight excluding hydrogens is 511 g/mol. The zero-order valence-electron chi connectivity index (χ0n) is 20.3. The zero-order valence-corrected chi connectivity index (χ0v) is 21.2. The molecule has 5 rings (SSSR count). The summed E-state index contributed by atoms with van der Waals surface area (Å²) in [6.07, 6.45) is -0.115. The Morgan fingerprint density at radius 1 is 1.13 bits per heavy atom. The second kappa shape index (κ2) is 10.3. The molecule has 38 heavy (non-hydrogen) atoms. The molecule has 1 aliphatic carbocycles. The Labute approximate surface area is 221 Å². The summed E-state index contributed by atoms with van der Waals surface area (Å²) in [5.41, 5.74) is 0.704. The number of para-hydroxylation sites is 1. The number of nitro benzene ring substituents is 1. The van der Waals surface area contributed by atoms with Gasteiger partial charge in [0.1, 0.15) is 11.7 Å². The average molecular weight is 535 g/mol. The minimum Gasteiger partial charge on any atom is -0.465 e. The van der Waals surface area contributed by atoms with E-state index in [4.69, 9.17) is 4.74 Å². The van der Waals surface area contributed by atoms with E-state index < -0.39 is 46.2 Å². The molecule has 1 amide bonds. The van der Waals surface area contributed by atoms with Gasteiger partial charge in [0.15, 0.2) is 5.78 Å². The number of nitrogens with zero attached hydrogens (tertiary/aromatic N) is 2. The van der Waals surface area contributed by atoms with E-state index in [0.717, 1.165) is 4.88 Å². The molecule has 8 nitrogen and oxygen atoms in total. The SMILES string of the molecule is CCOC(=O)[C@@H]1C(=O)C2=C(C[C@@H]1c1cccs1)N(c1ccccc1F)C(=O)C[C@@H]2c1cccc([N+](=O)[O-])c1. The summed E-state index contributed by atoms with van der Waals surface area (Å²) in [5, 5.41) is 13.3. The summed E-state index contributed by atoms with van der Waals surface area (Å²) in [6, 6.07) is 15.2. The number of non-ortho nitro benzene ring substituents is 1. The number of Topliss-reactive ketones (excluding diaryl/α,β-unsaturated/α-hetero) is 1. The van der Waals surface area contributed by atoms with Gasteiger partial charge in [-0.1, -0.05) is 30.3 Å². The molecule has 0 saturated carbocycles. The predicted molar refractivity (Wildman–Crippen MR) is 138 cm³/mol. The Balaban J connectivity index is 1.74. The fraction of sp³-hybridized carbons (Fsp3) is 0.250. The molecule has 0 unspecified atom stereocenters. The van der Waals surface area contributed by atoms with Crippen LogP contribution in [0.1, 0.15) is 42.0 Å². The fourth-order valence-corrected chi connectivity index (χ4v) is 6.22. The Morgan fingerprint density at radius 3 is 2.61 bits per heavy atom. The van der Waals surface area contributed by atoms with Crippen LogP contribution in [-0.4, -0.2) is 29.2 Å². The third kappa shape index (κ3) is 4.41. The van der Waals surface area contributed by atoms with Gasteiger partial charge in [0, 0.05) is 46.5 Å². The van der Waals surface area contributed by atoms with E-state index in [9.17, 15) is 28.9 Å². The fourth-order valence-electron chi connectivity index (χ4n) is 5.35. The molecule has 0 radical (unpaired) electrons. The summed E-state index contributed by atoms with van der Waals surface area (Å²) in [7, 11) is 0. The molecule has 0 N–H and O–H groups in total. The maximum atomic E-state index is 15.0. The smallest absolute Gasteiger partial charge is 0.317 e. The molecular formula is C28H23FN2O6S. The van der Waals surface area contributed by atoms with Crippen LogP contribution in [0, 0.1) is 21.8 Å². The number of esters is 1. The first-order valence-corrected chi connectivity index (χ1v) is 13.0. The van der Waals surface area contributed by atoms with Crippen molar-refractivity contribution in [2.75, 3.05) is 11.5 Å². The van der Waals surface area contributed by atoms with E-state index in [1.165, 1.54) is 52.6 Å². The number of hydrogen-bond donors (Lipinski definition) is 0. The highest BCUT2D eigenvalue weighted by Crippen LogP contribution is 2.50. The second-order valence-electron chi connectivity index (χ2n) is 9.07. The summed E-state index contributed by atoms with van der Waals surface area (Å²) in [5.74, 6) is -4.89. The van der Waals surface area contributed by atoms with Crippen LogP contribution in [0.4, 0.5) is 15.8 Å². The number of amides is 1. The van der Waals surface area contributed by atoms with Crippen LogP contribution in [0.15, 0.2) is 77.3 Å². The lowest BCUT2D eigenvalue weighted by Gasteiger charge is -2.42. The van der Waals surface area contributed by atoms with Crippen LogP contribution in [0.3, 0.4) is 0 Å². The van der Waals surface area contributed by atoms with Gasteiger partial charge in [-0.15, -0.1) is 11.3 Å². The van der Waals surface area contributed by atoms with E-state index >= 15 is 0 Å². The predicted octanol–water partition coefficient (Wildman–Crippen LogP) is 5.51. The van der Waals surface area contributed by atoms with Crippen LogP contribution >= 0.6 is 11.3 Å². The van der Waals surface area contributed by atoms with Crippen molar-refractivity contribution in [2.24, 2.45) is 5.92 Å². The number of hydrogen-bond acceptors (Lipinski definition) is 7. The standard InChI is InChI=1S/C28H23FN2O6S/c1-2-37-28(34)26-19(23-11-6-12-38-23)14-22-25(27(26)33)18(16-7-5-8-17(13-16)31(35)36)15-24(32)30(22)21-10-4-3-9-20(21)29/h3-13,18-19,26H,2,14-15H2,1H3/t18-,19-,26+/m1/s1. The van der Waals surface area contributed by atoms with Gasteiger partial charge >= 0.3 is 5.97 Å². The molecule has 3 aromatic rings. The molecule has 3 atom stereocenters. The number of nitro groups is 1. The molecule has 0 fully saturated rings. The Hall–Kier alpha value is -4.18. The van der Waals surface area contributed by atoms with Crippen molar-refractivity contribution in [1.29, 1.82) is 0 Å². The summed E-state index contributed by atoms with van der Waals surface area (Å²) in [6.45, 7) is 1.74. The summed E-state index contributed by atoms with van der Waals surface area (Å²) in [4.78, 5) is 53.9. The average Bonchev–Trinajstić information content (AvgIpc) is 3.44. The number of rotatable bonds is 6. The molecule has 0 spiro atoms. The zero-order chi connectivity index (χ0) is 27.0. The molecule has 2 aromatic carbocycles. The van der Waals surface area contributed by atoms with E-state index in [1.807, 2.05) is 17.5 Å². The first-order chi connectivity index (χ1) is 18.3. The molecule has 10 heteroatoms. The van der Waals surface area contributed by atoms with Gasteiger partial charge in [0.05, 0.1) is 17.2 Å². The van der Waals surface area contributed by atoms with Crippen molar-refractivity contribution >= 4 is 40.4 Å². The van der Waals surface area contributed by atoms with Crippen molar-refractivity contribution in [3.8, 4) is 0 Å². The van der Waals surface area contributed by atoms with Crippen molar-refractivity contribution in [2.45, 2.75) is 31.6 Å². The lowest BCUT2D eigenvalue weighted by molar-refractivity contribution is -0.384. The summed E-state index contributed by atoms with van der Waals surface area (Å²) >= 11 is 1.38. The minimum absolute atomic E-state index is 0.00908. The van der Waals surface area contributed by atoms with E-state index in [1.54, 1.807) is 19.1 Å². The minimum atomic E-state index is -1.16. The molecule has 0 bridgehead atoms. The molecule has 1 aliphatic heterocycles. The lowest BCUT2D eigenvalue weighted by atomic mass is 9.69. The van der Waals surface area contributed by atoms with Gasteiger partial charge < -0.3 is 4.74 Å². The number of carbonyl (C=O) groups is 3. The number of carbonyl (C=O) groups excluding carboxylic acids is 3. The van der Waals surface area contributed by atoms with Gasteiger partial charge in [-0.25, -0.2) is 4.39 Å². The van der Waals surface area contributed by atoms with Crippen LogP contribution < -0.4 is 4.90 Å². The maximum absolute atomic E-state index is 15.0. The highest BCUT2D eigenvalue weighted by atomic mass is 32.1. The number of benzene rings is 2. The van der Waals surface area contributed by atoms with Gasteiger partial charge in [-0.2, -0.15) is 0 Å². The number of halogens is 1. The van der Waals surface area contributed by atoms with Gasteiger partial charge in [0.2, 0.25) is 5.91 Å². The molecule has 1 aromatic heterocycles. The third-order valence-electron chi connectivity index (χ3n) is 6.95. The maximum Gasteiger partial charge on any atom is 0.317 e. The number of thiophene rings is 1. The molecule has 2 aliphatic rings. The largest absolute Gasteiger partial charge is 0.465 e. The number of allylic oxidation sites excluding steroid dienone is 2. The van der Waals surface area contributed by atoms with E-state index in [-0.39, 0.29) is 36.4 Å². The monoisotopic (exact) mass is 534 g/mol. The van der Waals surface area contributed by atoms with E-state index in [2.05, 4.69) is 0 Å². The van der Waals surface area contributed by atoms with Crippen LogP contribution in [-0.2, 0) is 19.1 Å². The second-order valence-corrected chi connectivity index (χ2v) is 10.0. The van der Waals surface area contributed by atoms with Crippen LogP contribution in [0.5, 0.6) is 0 Å². The van der Waals surface area contributed by atoms with E-state index in [0.29, 0.717) is 11.3 Å². The van der Waals surface area contributed by atoms with Crippen molar-refractivity contribution in [1.82, 2.24) is 0 Å². The first kappa shape index (κ1) is 25.5. The summed E-state index contributed by atoms with van der Waals surface area (Å²) < 4.78 is 20.3. The van der Waals surface area contributed by atoms with Gasteiger partial charge in [0.25, 0.3) is 5.69 Å². The van der Waals surface area contributed by atoms with Gasteiger partial charge in [-0.3, -0.25) is 29.4 Å². The quantitative estimate of drug-likeness (QED) is 0.179. The van der Waals surface area contributed by atoms with Crippen LogP contribution in [0.25, 0.3) is 0 Å². The Kier molecular flexibility index (Phi) is 6.90. The molecule has 0 saturated heterocycles. The Bertz CT molecular complexity index is 1470. The normalized spacial score (nSPS) is 21.3. The van der Waals surface area contributed by atoms with Crippen molar-refractivity contribution in [3.63, 3.8) is 0 Å². The third-order valence-corrected chi connectivity index (χ3v) is 7.95.